The van der Waals surface area contributed by atoms with Crippen molar-refractivity contribution >= 4 is 44.2 Å². The lowest BCUT2D eigenvalue weighted by Crippen LogP contribution is -2.33. The molecule has 94 valence electrons. The summed E-state index contributed by atoms with van der Waals surface area (Å²) in [6.45, 7) is 4.74. The second-order valence-corrected chi connectivity index (χ2v) is 7.35. The van der Waals surface area contributed by atoms with Gasteiger partial charge in [0.25, 0.3) is 0 Å². The van der Waals surface area contributed by atoms with Gasteiger partial charge in [-0.2, -0.15) is 0 Å². The van der Waals surface area contributed by atoms with Gasteiger partial charge in [-0.1, -0.05) is 36.2 Å². The maximum Gasteiger partial charge on any atom is 0.0489 e. The second kappa shape index (κ2) is 5.91. The SMILES string of the molecule is CC1CCC(C)C(Nc2cc(Br)ccc2I)C1. The van der Waals surface area contributed by atoms with Crippen LogP contribution in [0.4, 0.5) is 5.69 Å². The molecule has 0 spiro atoms. The van der Waals surface area contributed by atoms with Gasteiger partial charge in [-0.15, -0.1) is 0 Å². The van der Waals surface area contributed by atoms with Crippen LogP contribution in [0.25, 0.3) is 0 Å². The minimum absolute atomic E-state index is 0.626. The van der Waals surface area contributed by atoms with Crippen molar-refractivity contribution in [3.63, 3.8) is 0 Å². The highest BCUT2D eigenvalue weighted by atomic mass is 127. The fourth-order valence-electron chi connectivity index (χ4n) is 2.54. The Morgan fingerprint density at radius 2 is 2.06 bits per heavy atom. The van der Waals surface area contributed by atoms with E-state index >= 15 is 0 Å². The molecule has 1 N–H and O–H groups in total. The Hall–Kier alpha value is 0.230. The van der Waals surface area contributed by atoms with Crippen LogP contribution in [-0.4, -0.2) is 6.04 Å². The maximum absolute atomic E-state index is 3.73. The van der Waals surface area contributed by atoms with Crippen molar-refractivity contribution in [1.82, 2.24) is 0 Å². The van der Waals surface area contributed by atoms with Gasteiger partial charge in [0, 0.05) is 19.8 Å². The molecule has 17 heavy (non-hydrogen) atoms. The summed E-state index contributed by atoms with van der Waals surface area (Å²) in [7, 11) is 0. The Morgan fingerprint density at radius 3 is 2.82 bits per heavy atom. The Balaban J connectivity index is 2.11. The zero-order chi connectivity index (χ0) is 12.4. The molecule has 1 saturated carbocycles. The Bertz CT molecular complexity index is 394. The normalized spacial score (nSPS) is 29.1. The highest BCUT2D eigenvalue weighted by molar-refractivity contribution is 14.1. The average molecular weight is 408 g/mol. The van der Waals surface area contributed by atoms with Crippen molar-refractivity contribution in [3.8, 4) is 0 Å². The molecule has 0 bridgehead atoms. The topological polar surface area (TPSA) is 12.0 Å². The smallest absolute Gasteiger partial charge is 0.0489 e. The number of halogens is 2. The fourth-order valence-corrected chi connectivity index (χ4v) is 3.39. The number of nitrogens with one attached hydrogen (secondary N) is 1. The number of hydrogen-bond donors (Lipinski definition) is 1. The molecule has 1 aromatic rings. The van der Waals surface area contributed by atoms with Crippen LogP contribution < -0.4 is 5.32 Å². The summed E-state index contributed by atoms with van der Waals surface area (Å²) in [5.41, 5.74) is 1.27. The molecule has 1 aromatic carbocycles. The summed E-state index contributed by atoms with van der Waals surface area (Å²) in [6, 6.07) is 7.07. The van der Waals surface area contributed by atoms with Crippen LogP contribution in [-0.2, 0) is 0 Å². The van der Waals surface area contributed by atoms with Crippen molar-refractivity contribution < 1.29 is 0 Å². The van der Waals surface area contributed by atoms with Gasteiger partial charge in [-0.05, 0) is 65.5 Å². The fraction of sp³-hybridized carbons (Fsp3) is 0.571. The third-order valence-electron chi connectivity index (χ3n) is 3.73. The summed E-state index contributed by atoms with van der Waals surface area (Å²) >= 11 is 5.95. The molecule has 1 aliphatic rings. The summed E-state index contributed by atoms with van der Waals surface area (Å²) in [5.74, 6) is 1.63. The van der Waals surface area contributed by atoms with Crippen molar-refractivity contribution in [3.05, 3.63) is 26.2 Å². The molecule has 0 aromatic heterocycles. The monoisotopic (exact) mass is 407 g/mol. The van der Waals surface area contributed by atoms with Crippen molar-refractivity contribution in [2.75, 3.05) is 5.32 Å². The highest BCUT2D eigenvalue weighted by Crippen LogP contribution is 2.32. The van der Waals surface area contributed by atoms with E-state index in [2.05, 4.69) is 75.9 Å². The summed E-state index contributed by atoms with van der Waals surface area (Å²) in [6.07, 6.45) is 4.03. The van der Waals surface area contributed by atoms with Crippen LogP contribution in [0.5, 0.6) is 0 Å². The summed E-state index contributed by atoms with van der Waals surface area (Å²) in [4.78, 5) is 0. The lowest BCUT2D eigenvalue weighted by molar-refractivity contribution is 0.280. The van der Waals surface area contributed by atoms with Crippen LogP contribution in [0.2, 0.25) is 0 Å². The van der Waals surface area contributed by atoms with Crippen LogP contribution in [0.3, 0.4) is 0 Å². The molecule has 3 unspecified atom stereocenters. The Labute approximate surface area is 126 Å². The highest BCUT2D eigenvalue weighted by Gasteiger charge is 2.25. The van der Waals surface area contributed by atoms with E-state index in [-0.39, 0.29) is 0 Å². The quantitative estimate of drug-likeness (QED) is 0.656. The van der Waals surface area contributed by atoms with Crippen LogP contribution in [0, 0.1) is 15.4 Å². The van der Waals surface area contributed by atoms with E-state index in [1.165, 1.54) is 28.5 Å². The van der Waals surface area contributed by atoms with E-state index in [0.717, 1.165) is 16.3 Å². The molecule has 0 radical (unpaired) electrons. The van der Waals surface area contributed by atoms with Crippen molar-refractivity contribution in [1.29, 1.82) is 0 Å². The van der Waals surface area contributed by atoms with Crippen molar-refractivity contribution in [2.45, 2.75) is 39.2 Å². The molecule has 2 rings (SSSR count). The van der Waals surface area contributed by atoms with Crippen LogP contribution in [0.1, 0.15) is 33.1 Å². The molecule has 1 fully saturated rings. The Kier molecular flexibility index (Phi) is 4.75. The zero-order valence-corrected chi connectivity index (χ0v) is 14.1. The molecule has 1 nitrogen and oxygen atoms in total. The van der Waals surface area contributed by atoms with Gasteiger partial charge in [0.2, 0.25) is 0 Å². The van der Waals surface area contributed by atoms with Gasteiger partial charge >= 0.3 is 0 Å². The lowest BCUT2D eigenvalue weighted by atomic mass is 9.80. The number of anilines is 1. The first-order chi connectivity index (χ1) is 8.06. The number of rotatable bonds is 2. The molecule has 3 atom stereocenters. The molecule has 3 heteroatoms. The minimum Gasteiger partial charge on any atom is -0.381 e. The predicted octanol–water partition coefficient (Wildman–Crippen LogP) is 5.29. The molecule has 1 aliphatic carbocycles. The molecule has 0 amide bonds. The zero-order valence-electron chi connectivity index (χ0n) is 10.3. The molecule has 0 aliphatic heterocycles. The van der Waals surface area contributed by atoms with E-state index in [1.807, 2.05) is 0 Å². The van der Waals surface area contributed by atoms with E-state index in [9.17, 15) is 0 Å². The predicted molar refractivity (Wildman–Crippen MR) is 86.4 cm³/mol. The summed E-state index contributed by atoms with van der Waals surface area (Å²) in [5, 5.41) is 3.73. The van der Waals surface area contributed by atoms with Gasteiger partial charge in [-0.25, -0.2) is 0 Å². The second-order valence-electron chi connectivity index (χ2n) is 5.27. The standard InChI is InChI=1S/C14H19BrIN/c1-9-3-4-10(2)13(7-9)17-14-8-11(15)5-6-12(14)16/h5-6,8-10,13,17H,3-4,7H2,1-2H3. The first kappa shape index (κ1) is 13.7. The van der Waals surface area contributed by atoms with Gasteiger partial charge in [0.05, 0.1) is 0 Å². The first-order valence-electron chi connectivity index (χ1n) is 6.28. The molecule has 0 heterocycles. The summed E-state index contributed by atoms with van der Waals surface area (Å²) < 4.78 is 2.45. The first-order valence-corrected chi connectivity index (χ1v) is 8.15. The third-order valence-corrected chi connectivity index (χ3v) is 5.16. The van der Waals surface area contributed by atoms with Crippen LogP contribution in [0.15, 0.2) is 22.7 Å². The third kappa shape index (κ3) is 3.60. The van der Waals surface area contributed by atoms with Gasteiger partial charge in [-0.3, -0.25) is 0 Å². The Morgan fingerprint density at radius 1 is 1.29 bits per heavy atom. The minimum atomic E-state index is 0.626. The van der Waals surface area contributed by atoms with Gasteiger partial charge in [0.15, 0.2) is 0 Å². The van der Waals surface area contributed by atoms with E-state index in [0.29, 0.717) is 6.04 Å². The average Bonchev–Trinajstić information content (AvgIpc) is 2.28. The van der Waals surface area contributed by atoms with E-state index in [4.69, 9.17) is 0 Å². The van der Waals surface area contributed by atoms with E-state index < -0.39 is 0 Å². The van der Waals surface area contributed by atoms with Crippen molar-refractivity contribution in [2.24, 2.45) is 11.8 Å². The molecular weight excluding hydrogens is 389 g/mol. The molecular formula is C14H19BrIN. The van der Waals surface area contributed by atoms with E-state index in [1.54, 1.807) is 0 Å². The van der Waals surface area contributed by atoms with Gasteiger partial charge < -0.3 is 5.32 Å². The van der Waals surface area contributed by atoms with Crippen LogP contribution >= 0.6 is 38.5 Å². The number of hydrogen-bond acceptors (Lipinski definition) is 1. The number of benzene rings is 1. The largest absolute Gasteiger partial charge is 0.381 e. The maximum atomic E-state index is 3.73. The van der Waals surface area contributed by atoms with Gasteiger partial charge in [0.1, 0.15) is 0 Å². The molecule has 0 saturated heterocycles. The lowest BCUT2D eigenvalue weighted by Gasteiger charge is -2.34.